The summed E-state index contributed by atoms with van der Waals surface area (Å²) in [5.41, 5.74) is 18.2. The molecule has 2 aliphatic rings. The van der Waals surface area contributed by atoms with Gasteiger partial charge in [0.15, 0.2) is 11.9 Å². The first kappa shape index (κ1) is 57.3. The summed E-state index contributed by atoms with van der Waals surface area (Å²) in [6, 6.07) is -2.12. The van der Waals surface area contributed by atoms with Gasteiger partial charge < -0.3 is 41.8 Å². The van der Waals surface area contributed by atoms with Gasteiger partial charge in [-0.3, -0.25) is 4.79 Å². The minimum absolute atomic E-state index is 0.218. The van der Waals surface area contributed by atoms with Gasteiger partial charge in [0.05, 0.1) is 0 Å². The SMILES string of the molecule is CC1=C(/C=C/C(C)=C/C=C/C(C)=C/C=C/C=C(C)/C=C/C=C(C)/C=C/C2=C(C)C(=O)C(OC(=O)NC(CCCCN)C(=O)O)CC2(C)C)C(C)(C)CC(OC(=O)NC(CCCCN)C(=O)O)C1. The highest BCUT2D eigenvalue weighted by molar-refractivity contribution is 6.01. The minimum Gasteiger partial charge on any atom is -0.480 e. The molecule has 0 bridgehead atoms. The Morgan fingerprint density at radius 3 is 1.51 bits per heavy atom. The van der Waals surface area contributed by atoms with Crippen molar-refractivity contribution in [1.82, 2.24) is 10.6 Å². The molecule has 0 aromatic carbocycles. The van der Waals surface area contributed by atoms with Crippen LogP contribution in [0.3, 0.4) is 0 Å². The molecule has 0 radical (unpaired) electrons. The molecule has 0 spiro atoms. The molecule has 4 unspecified atom stereocenters. The van der Waals surface area contributed by atoms with Gasteiger partial charge in [-0.25, -0.2) is 19.2 Å². The number of carboxylic acids is 2. The largest absolute Gasteiger partial charge is 0.480 e. The van der Waals surface area contributed by atoms with E-state index in [1.807, 2.05) is 115 Å². The highest BCUT2D eigenvalue weighted by Gasteiger charge is 2.40. The summed E-state index contributed by atoms with van der Waals surface area (Å²) < 4.78 is 11.2. The second-order valence-electron chi connectivity index (χ2n) is 19.0. The van der Waals surface area contributed by atoms with Gasteiger partial charge in [0.2, 0.25) is 0 Å². The molecule has 4 atom stereocenters. The monoisotopic (exact) mass is 927 g/mol. The third-order valence-corrected chi connectivity index (χ3v) is 11.8. The van der Waals surface area contributed by atoms with Gasteiger partial charge in [0, 0.05) is 12.8 Å². The van der Waals surface area contributed by atoms with Crippen molar-refractivity contribution < 1.29 is 43.7 Å². The maximum absolute atomic E-state index is 13.3. The summed E-state index contributed by atoms with van der Waals surface area (Å²) in [7, 11) is 0. The van der Waals surface area contributed by atoms with Gasteiger partial charge in [-0.15, -0.1) is 0 Å². The molecule has 2 aliphatic carbocycles. The number of hydrogen-bond acceptors (Lipinski definition) is 9. The molecule has 0 aromatic rings. The first-order valence-corrected chi connectivity index (χ1v) is 23.3. The lowest BCUT2D eigenvalue weighted by Gasteiger charge is -2.37. The van der Waals surface area contributed by atoms with Crippen molar-refractivity contribution in [3.8, 4) is 0 Å². The summed E-state index contributed by atoms with van der Waals surface area (Å²) in [5.74, 6) is -2.55. The molecule has 13 heteroatoms. The summed E-state index contributed by atoms with van der Waals surface area (Å²) in [6.07, 6.45) is 29.7. The number of alkyl carbamates (subject to hydrolysis) is 2. The Bertz CT molecular complexity index is 2110. The van der Waals surface area contributed by atoms with E-state index < -0.39 is 47.7 Å². The predicted octanol–water partition coefficient (Wildman–Crippen LogP) is 10.4. The number of ketones is 1. The lowest BCUT2D eigenvalue weighted by Crippen LogP contribution is -2.45. The second kappa shape index (κ2) is 28.4. The number of nitrogens with two attached hydrogens (primary N) is 2. The second-order valence-corrected chi connectivity index (χ2v) is 19.0. The number of allylic oxidation sites excluding steroid dienone is 20. The molecule has 368 valence electrons. The van der Waals surface area contributed by atoms with Gasteiger partial charge in [-0.05, 0) is 127 Å². The average Bonchev–Trinajstić information content (AvgIpc) is 3.22. The van der Waals surface area contributed by atoms with Crippen molar-refractivity contribution in [2.24, 2.45) is 22.3 Å². The number of rotatable bonds is 24. The molecule has 2 amide bonds. The Morgan fingerprint density at radius 2 is 1.06 bits per heavy atom. The van der Waals surface area contributed by atoms with Crippen LogP contribution in [-0.2, 0) is 23.9 Å². The van der Waals surface area contributed by atoms with Crippen LogP contribution in [-0.4, -0.2) is 77.5 Å². The molecule has 0 saturated heterocycles. The van der Waals surface area contributed by atoms with E-state index in [1.165, 1.54) is 5.57 Å². The fraction of sp³-hybridized carbons (Fsp3) is 0.500. The number of ether oxygens (including phenoxy) is 2. The molecular weight excluding hydrogens is 849 g/mol. The first-order chi connectivity index (χ1) is 31.5. The molecule has 0 aliphatic heterocycles. The Labute approximate surface area is 399 Å². The molecule has 0 aromatic heterocycles. The molecule has 13 nitrogen and oxygen atoms in total. The third-order valence-electron chi connectivity index (χ3n) is 11.8. The zero-order valence-corrected chi connectivity index (χ0v) is 41.6. The summed E-state index contributed by atoms with van der Waals surface area (Å²) in [4.78, 5) is 61.7. The summed E-state index contributed by atoms with van der Waals surface area (Å²) in [6.45, 7) is 21.0. The topological polar surface area (TPSA) is 220 Å². The van der Waals surface area contributed by atoms with Gasteiger partial charge in [0.1, 0.15) is 18.2 Å². The van der Waals surface area contributed by atoms with Crippen molar-refractivity contribution in [2.45, 2.75) is 151 Å². The molecule has 0 saturated carbocycles. The highest BCUT2D eigenvalue weighted by atomic mass is 16.6. The Balaban J connectivity index is 1.95. The van der Waals surface area contributed by atoms with Crippen molar-refractivity contribution in [2.75, 3.05) is 13.1 Å². The number of unbranched alkanes of at least 4 members (excludes halogenated alkanes) is 2. The van der Waals surface area contributed by atoms with Crippen LogP contribution in [0.5, 0.6) is 0 Å². The molecule has 0 fully saturated rings. The molecule has 2 rings (SSSR count). The van der Waals surface area contributed by atoms with E-state index in [4.69, 9.17) is 20.9 Å². The highest BCUT2D eigenvalue weighted by Crippen LogP contribution is 2.43. The van der Waals surface area contributed by atoms with Gasteiger partial charge >= 0.3 is 24.1 Å². The van der Waals surface area contributed by atoms with Crippen LogP contribution >= 0.6 is 0 Å². The smallest absolute Gasteiger partial charge is 0.408 e. The predicted molar refractivity (Wildman–Crippen MR) is 268 cm³/mol. The zero-order valence-electron chi connectivity index (χ0n) is 41.6. The van der Waals surface area contributed by atoms with Crippen molar-refractivity contribution in [3.05, 3.63) is 130 Å². The maximum atomic E-state index is 13.3. The van der Waals surface area contributed by atoms with Gasteiger partial charge in [0.25, 0.3) is 0 Å². The minimum atomic E-state index is -1.17. The number of amides is 2. The number of nitrogens with one attached hydrogen (secondary N) is 2. The number of Topliss-reactive ketones (excluding diaryl/α,β-unsaturated/α-hetero) is 1. The molecule has 67 heavy (non-hydrogen) atoms. The third kappa shape index (κ3) is 20.7. The fourth-order valence-corrected chi connectivity index (χ4v) is 8.13. The zero-order chi connectivity index (χ0) is 50.3. The number of aliphatic carboxylic acids is 2. The van der Waals surface area contributed by atoms with E-state index in [9.17, 15) is 34.2 Å². The normalized spacial score (nSPS) is 20.7. The van der Waals surface area contributed by atoms with Crippen LogP contribution in [0.1, 0.15) is 127 Å². The number of carbonyl (C=O) groups excluding carboxylic acids is 3. The van der Waals surface area contributed by atoms with E-state index in [0.717, 1.165) is 33.4 Å². The molecule has 0 heterocycles. The van der Waals surface area contributed by atoms with Crippen LogP contribution in [0.4, 0.5) is 9.59 Å². The van der Waals surface area contributed by atoms with Crippen molar-refractivity contribution in [3.63, 3.8) is 0 Å². The fourth-order valence-electron chi connectivity index (χ4n) is 8.13. The van der Waals surface area contributed by atoms with Crippen LogP contribution in [0.2, 0.25) is 0 Å². The van der Waals surface area contributed by atoms with Crippen molar-refractivity contribution in [1.29, 1.82) is 0 Å². The van der Waals surface area contributed by atoms with Crippen LogP contribution in [0, 0.1) is 10.8 Å². The standard InChI is InChI=1S/C54H78N4O9/c1-36(21-17-23-38(3)27-29-43-40(5)33-42(34-53(43,7)8)66-51(64)57-45(49(60)61)25-13-15-31-55)19-11-12-20-37(2)22-18-24-39(4)28-30-44-41(6)48(59)47(35-54(44,9)10)67-52(65)58-46(50(62)63)26-14-16-32-56/h11-12,17-24,27-30,42,45-47H,13-16,25-26,31-35,55-56H2,1-10H3,(H,57,64)(H,58,65)(H,60,61)(H,62,63)/b12-11+,21-17+,22-18+,29-27+,30-28+,36-19+,37-20+,38-23+,39-24+. The van der Waals surface area contributed by atoms with E-state index >= 15 is 0 Å². The number of carboxylic acid groups (broad SMARTS) is 2. The maximum Gasteiger partial charge on any atom is 0.408 e. The van der Waals surface area contributed by atoms with Crippen LogP contribution in [0.15, 0.2) is 130 Å². The van der Waals surface area contributed by atoms with Crippen LogP contribution in [0.25, 0.3) is 0 Å². The number of hydrogen-bond donors (Lipinski definition) is 6. The summed E-state index contributed by atoms with van der Waals surface area (Å²) in [5, 5.41) is 23.9. The Kier molecular flexibility index (Phi) is 24.3. The van der Waals surface area contributed by atoms with E-state index in [2.05, 4.69) is 42.7 Å². The summed E-state index contributed by atoms with van der Waals surface area (Å²) >= 11 is 0. The molecular formula is C54H78N4O9. The van der Waals surface area contributed by atoms with Crippen molar-refractivity contribution >= 4 is 29.9 Å². The lowest BCUT2D eigenvalue weighted by atomic mass is 9.71. The Morgan fingerprint density at radius 1 is 0.642 bits per heavy atom. The quantitative estimate of drug-likeness (QED) is 0.0395. The average molecular weight is 927 g/mol. The van der Waals surface area contributed by atoms with E-state index in [-0.39, 0.29) is 30.1 Å². The van der Waals surface area contributed by atoms with E-state index in [0.29, 0.717) is 63.6 Å². The lowest BCUT2D eigenvalue weighted by molar-refractivity contribution is -0.140. The van der Waals surface area contributed by atoms with Gasteiger partial charge in [-0.1, -0.05) is 141 Å². The first-order valence-electron chi connectivity index (χ1n) is 23.3. The van der Waals surface area contributed by atoms with E-state index in [1.54, 1.807) is 6.92 Å². The molecule has 8 N–H and O–H groups in total. The Hall–Kier alpha value is -5.79. The van der Waals surface area contributed by atoms with Gasteiger partial charge in [-0.2, -0.15) is 0 Å². The number of carbonyl (C=O) groups is 5. The van der Waals surface area contributed by atoms with Crippen LogP contribution < -0.4 is 22.1 Å².